The van der Waals surface area contributed by atoms with Crippen molar-refractivity contribution in [1.82, 2.24) is 5.32 Å². The topological polar surface area (TPSA) is 119 Å². The summed E-state index contributed by atoms with van der Waals surface area (Å²) >= 11 is 0. The van der Waals surface area contributed by atoms with Crippen LogP contribution < -0.4 is 16.0 Å². The Bertz CT molecular complexity index is 703. The van der Waals surface area contributed by atoms with Gasteiger partial charge in [-0.25, -0.2) is 4.79 Å². The largest absolute Gasteiger partial charge is 0.452 e. The maximum atomic E-state index is 12.3. The third-order valence-electron chi connectivity index (χ3n) is 4.03. The smallest absolute Gasteiger partial charge is 0.318 e. The fourth-order valence-electron chi connectivity index (χ4n) is 2.72. The van der Waals surface area contributed by atoms with Crippen LogP contribution in [-0.2, 0) is 25.5 Å². The number of hydrogen-bond acceptors (Lipinski definition) is 5. The molecule has 2 atom stereocenters. The molecule has 134 valence electrons. The first kappa shape index (κ1) is 18.4. The number of rotatable bonds is 5. The van der Waals surface area contributed by atoms with E-state index in [1.54, 1.807) is 4.90 Å². The predicted octanol–water partition coefficient (Wildman–Crippen LogP) is 0.729. The molecular formula is C17H21N3O5. The highest BCUT2D eigenvalue weighted by Gasteiger charge is 2.37. The molecule has 0 unspecified atom stereocenters. The number of primary amides is 1. The number of aryl methyl sites for hydroxylation is 1. The van der Waals surface area contributed by atoms with Gasteiger partial charge in [0.15, 0.2) is 6.10 Å². The molecule has 8 nitrogen and oxygen atoms in total. The summed E-state index contributed by atoms with van der Waals surface area (Å²) < 4.78 is 5.05. The van der Waals surface area contributed by atoms with Crippen molar-refractivity contribution in [3.63, 3.8) is 0 Å². The molecule has 0 spiro atoms. The van der Waals surface area contributed by atoms with Gasteiger partial charge in [0.2, 0.25) is 5.91 Å². The number of imide groups is 1. The van der Waals surface area contributed by atoms with E-state index < -0.39 is 29.9 Å². The second-order valence-electron chi connectivity index (χ2n) is 5.82. The van der Waals surface area contributed by atoms with Crippen LogP contribution in [0.5, 0.6) is 0 Å². The number of nitrogens with zero attached hydrogens (tertiary/aromatic N) is 1. The molecule has 8 heteroatoms. The van der Waals surface area contributed by atoms with Crippen molar-refractivity contribution in [1.29, 1.82) is 0 Å². The Morgan fingerprint density at radius 2 is 2.04 bits per heavy atom. The van der Waals surface area contributed by atoms with E-state index in [9.17, 15) is 19.2 Å². The van der Waals surface area contributed by atoms with Crippen LogP contribution in [0.1, 0.15) is 25.8 Å². The molecule has 1 aliphatic rings. The lowest BCUT2D eigenvalue weighted by atomic mass is 10.1. The molecule has 2 rings (SSSR count). The molecule has 3 N–H and O–H groups in total. The van der Waals surface area contributed by atoms with Gasteiger partial charge >= 0.3 is 12.0 Å². The molecule has 0 aromatic heterocycles. The van der Waals surface area contributed by atoms with Crippen LogP contribution in [0.3, 0.4) is 0 Å². The number of para-hydroxylation sites is 1. The number of amides is 4. The quantitative estimate of drug-likeness (QED) is 0.761. The zero-order chi connectivity index (χ0) is 18.6. The first-order valence-electron chi connectivity index (χ1n) is 8.02. The average Bonchev–Trinajstić information content (AvgIpc) is 2.95. The molecule has 25 heavy (non-hydrogen) atoms. The van der Waals surface area contributed by atoms with Crippen molar-refractivity contribution < 1.29 is 23.9 Å². The van der Waals surface area contributed by atoms with Gasteiger partial charge in [0.05, 0.1) is 5.92 Å². The van der Waals surface area contributed by atoms with Gasteiger partial charge < -0.3 is 15.4 Å². The average molecular weight is 347 g/mol. The Hall–Kier alpha value is -2.90. The molecular weight excluding hydrogens is 326 g/mol. The van der Waals surface area contributed by atoms with Crippen LogP contribution in [0.15, 0.2) is 24.3 Å². The molecule has 1 saturated heterocycles. The fourth-order valence-corrected chi connectivity index (χ4v) is 2.72. The summed E-state index contributed by atoms with van der Waals surface area (Å²) in [6.45, 7) is 3.51. The number of esters is 1. The summed E-state index contributed by atoms with van der Waals surface area (Å²) in [5.41, 5.74) is 6.64. The van der Waals surface area contributed by atoms with Crippen molar-refractivity contribution in [3.8, 4) is 0 Å². The van der Waals surface area contributed by atoms with Crippen LogP contribution in [-0.4, -0.2) is 36.5 Å². The lowest BCUT2D eigenvalue weighted by molar-refractivity contribution is -0.158. The van der Waals surface area contributed by atoms with Crippen LogP contribution in [0, 0.1) is 5.92 Å². The third kappa shape index (κ3) is 4.34. The Morgan fingerprint density at radius 3 is 2.68 bits per heavy atom. The second-order valence-corrected chi connectivity index (χ2v) is 5.82. The van der Waals surface area contributed by atoms with Gasteiger partial charge in [-0.15, -0.1) is 0 Å². The van der Waals surface area contributed by atoms with E-state index >= 15 is 0 Å². The van der Waals surface area contributed by atoms with Gasteiger partial charge in [-0.1, -0.05) is 25.1 Å². The molecule has 1 heterocycles. The number of hydrogen-bond donors (Lipinski definition) is 2. The van der Waals surface area contributed by atoms with Crippen LogP contribution >= 0.6 is 0 Å². The van der Waals surface area contributed by atoms with E-state index in [-0.39, 0.29) is 18.9 Å². The van der Waals surface area contributed by atoms with E-state index in [4.69, 9.17) is 10.5 Å². The Kier molecular flexibility index (Phi) is 5.74. The lowest BCUT2D eigenvalue weighted by Crippen LogP contribution is -2.42. The fraction of sp³-hybridized carbons (Fsp3) is 0.412. The van der Waals surface area contributed by atoms with E-state index in [0.29, 0.717) is 0 Å². The SMILES string of the molecule is CCc1ccccc1N1C[C@H](C(=O)O[C@H](C)C(=O)NC(N)=O)CC1=O. The summed E-state index contributed by atoms with van der Waals surface area (Å²) in [4.78, 5) is 48.3. The number of urea groups is 1. The van der Waals surface area contributed by atoms with Gasteiger partial charge in [-0.2, -0.15) is 0 Å². The number of carbonyl (C=O) groups is 4. The number of nitrogens with one attached hydrogen (secondary N) is 1. The van der Waals surface area contributed by atoms with E-state index in [2.05, 4.69) is 0 Å². The van der Waals surface area contributed by atoms with Gasteiger partial charge in [-0.3, -0.25) is 19.7 Å². The summed E-state index contributed by atoms with van der Waals surface area (Å²) in [5.74, 6) is -2.30. The molecule has 1 aromatic carbocycles. The lowest BCUT2D eigenvalue weighted by Gasteiger charge is -2.20. The van der Waals surface area contributed by atoms with Gasteiger partial charge in [0.1, 0.15) is 0 Å². The molecule has 0 saturated carbocycles. The summed E-state index contributed by atoms with van der Waals surface area (Å²) in [6.07, 6.45) is -0.396. The van der Waals surface area contributed by atoms with Gasteiger partial charge in [0.25, 0.3) is 5.91 Å². The Labute approximate surface area is 145 Å². The van der Waals surface area contributed by atoms with E-state index in [1.165, 1.54) is 6.92 Å². The zero-order valence-electron chi connectivity index (χ0n) is 14.2. The highest BCUT2D eigenvalue weighted by atomic mass is 16.5. The first-order valence-corrected chi connectivity index (χ1v) is 8.02. The van der Waals surface area contributed by atoms with Gasteiger partial charge in [-0.05, 0) is 25.0 Å². The van der Waals surface area contributed by atoms with Crippen molar-refractivity contribution in [2.75, 3.05) is 11.4 Å². The number of carbonyl (C=O) groups excluding carboxylic acids is 4. The van der Waals surface area contributed by atoms with Crippen molar-refractivity contribution in [2.45, 2.75) is 32.8 Å². The molecule has 1 aromatic rings. The Morgan fingerprint density at radius 1 is 1.36 bits per heavy atom. The maximum absolute atomic E-state index is 12.3. The molecule has 1 fully saturated rings. The number of benzene rings is 1. The summed E-state index contributed by atoms with van der Waals surface area (Å²) in [6, 6.07) is 6.49. The minimum Gasteiger partial charge on any atom is -0.452 e. The molecule has 4 amide bonds. The number of nitrogens with two attached hydrogens (primary N) is 1. The van der Waals surface area contributed by atoms with E-state index in [1.807, 2.05) is 36.5 Å². The number of ether oxygens (including phenoxy) is 1. The van der Waals surface area contributed by atoms with E-state index in [0.717, 1.165) is 17.7 Å². The summed E-state index contributed by atoms with van der Waals surface area (Å²) in [7, 11) is 0. The number of anilines is 1. The molecule has 0 bridgehead atoms. The minimum absolute atomic E-state index is 0.0149. The summed E-state index contributed by atoms with van der Waals surface area (Å²) in [5, 5.41) is 1.84. The monoisotopic (exact) mass is 347 g/mol. The normalized spacial score (nSPS) is 17.9. The zero-order valence-corrected chi connectivity index (χ0v) is 14.2. The molecule has 0 aliphatic carbocycles. The maximum Gasteiger partial charge on any atom is 0.318 e. The highest BCUT2D eigenvalue weighted by molar-refractivity contribution is 6.01. The van der Waals surface area contributed by atoms with Crippen molar-refractivity contribution in [3.05, 3.63) is 29.8 Å². The van der Waals surface area contributed by atoms with Crippen molar-refractivity contribution >= 4 is 29.5 Å². The molecule has 1 aliphatic heterocycles. The predicted molar refractivity (Wildman–Crippen MR) is 89.6 cm³/mol. The second kappa shape index (κ2) is 7.78. The Balaban J connectivity index is 2.03. The van der Waals surface area contributed by atoms with Crippen LogP contribution in [0.25, 0.3) is 0 Å². The first-order chi connectivity index (χ1) is 11.8. The van der Waals surface area contributed by atoms with Crippen LogP contribution in [0.2, 0.25) is 0 Å². The third-order valence-corrected chi connectivity index (χ3v) is 4.03. The highest BCUT2D eigenvalue weighted by Crippen LogP contribution is 2.29. The standard InChI is InChI=1S/C17H21N3O5/c1-3-11-6-4-5-7-13(11)20-9-12(8-14(20)21)16(23)25-10(2)15(22)19-17(18)24/h4-7,10,12H,3,8-9H2,1-2H3,(H3,18,19,22,24)/t10-,12-/m1/s1. The minimum atomic E-state index is -1.17. The van der Waals surface area contributed by atoms with Gasteiger partial charge in [0, 0.05) is 18.7 Å². The van der Waals surface area contributed by atoms with Crippen LogP contribution in [0.4, 0.5) is 10.5 Å². The van der Waals surface area contributed by atoms with Crippen molar-refractivity contribution in [2.24, 2.45) is 11.7 Å². The molecule has 0 radical (unpaired) electrons.